The van der Waals surface area contributed by atoms with Gasteiger partial charge in [-0.1, -0.05) is 51.2 Å². The number of aryl methyl sites for hydroxylation is 1. The van der Waals surface area contributed by atoms with Gasteiger partial charge in [-0.25, -0.2) is 4.98 Å². The van der Waals surface area contributed by atoms with Gasteiger partial charge in [-0.3, -0.25) is 10.1 Å². The molecule has 1 saturated carbocycles. The van der Waals surface area contributed by atoms with Gasteiger partial charge >= 0.3 is 0 Å². The van der Waals surface area contributed by atoms with Crippen molar-refractivity contribution in [2.75, 3.05) is 0 Å². The molecule has 0 amide bonds. The number of nitrogens with zero attached hydrogens (tertiary/aromatic N) is 3. The summed E-state index contributed by atoms with van der Waals surface area (Å²) < 4.78 is 2.33. The maximum Gasteiger partial charge on any atom is 0.278 e. The minimum absolute atomic E-state index is 0.124. The molecule has 134 valence electrons. The molecule has 5 nitrogen and oxygen atoms in total. The summed E-state index contributed by atoms with van der Waals surface area (Å²) in [5.41, 5.74) is 1.58. The van der Waals surface area contributed by atoms with Crippen LogP contribution in [0.2, 0.25) is 0 Å². The van der Waals surface area contributed by atoms with E-state index in [9.17, 15) is 10.1 Å². The van der Waals surface area contributed by atoms with Gasteiger partial charge in [-0.2, -0.15) is 0 Å². The summed E-state index contributed by atoms with van der Waals surface area (Å²) in [4.78, 5) is 15.8. The van der Waals surface area contributed by atoms with Crippen LogP contribution in [-0.2, 0) is 5.54 Å². The van der Waals surface area contributed by atoms with Crippen molar-refractivity contribution in [3.05, 3.63) is 46.4 Å². The van der Waals surface area contributed by atoms with E-state index >= 15 is 0 Å². The molecule has 0 N–H and O–H groups in total. The fraction of sp³-hybridized carbons (Fsp3) is 0.550. The van der Waals surface area contributed by atoms with Gasteiger partial charge in [-0.15, -0.1) is 0 Å². The summed E-state index contributed by atoms with van der Waals surface area (Å²) in [7, 11) is 0. The maximum atomic E-state index is 11.4. The molecule has 0 unspecified atom stereocenters. The Balaban J connectivity index is 2.03. The minimum atomic E-state index is -0.322. The van der Waals surface area contributed by atoms with Crippen molar-refractivity contribution in [1.29, 1.82) is 0 Å². The maximum absolute atomic E-state index is 11.4. The van der Waals surface area contributed by atoms with Gasteiger partial charge in [0.15, 0.2) is 0 Å². The van der Waals surface area contributed by atoms with Crippen LogP contribution in [0.25, 0.3) is 11.3 Å². The second-order valence-corrected chi connectivity index (χ2v) is 7.21. The SMILES string of the molecule is CCCCC1(n2cc(-c3ccccc3[N+](=O)[O-])nc2C)CCCCC1. The van der Waals surface area contributed by atoms with Crippen molar-refractivity contribution >= 4 is 5.69 Å². The molecular formula is C20H27N3O2. The van der Waals surface area contributed by atoms with Crippen LogP contribution in [0.3, 0.4) is 0 Å². The zero-order valence-corrected chi connectivity index (χ0v) is 15.2. The molecule has 0 bridgehead atoms. The van der Waals surface area contributed by atoms with Crippen LogP contribution in [0.5, 0.6) is 0 Å². The second kappa shape index (κ2) is 7.38. The monoisotopic (exact) mass is 341 g/mol. The van der Waals surface area contributed by atoms with Gasteiger partial charge < -0.3 is 4.57 Å². The summed E-state index contributed by atoms with van der Waals surface area (Å²) in [5.74, 6) is 0.964. The molecule has 1 aliphatic rings. The lowest BCUT2D eigenvalue weighted by molar-refractivity contribution is -0.384. The predicted octanol–water partition coefficient (Wildman–Crippen LogP) is 5.62. The molecule has 1 fully saturated rings. The standard InChI is InChI=1S/C20H27N3O2/c1-3-4-12-20(13-8-5-9-14-20)22-15-18(21-16(22)2)17-10-6-7-11-19(17)23(24)25/h6-7,10-11,15H,3-5,8-9,12-14H2,1-2H3. The van der Waals surface area contributed by atoms with Crippen LogP contribution in [0.1, 0.15) is 64.1 Å². The summed E-state index contributed by atoms with van der Waals surface area (Å²) in [6.07, 6.45) is 11.8. The van der Waals surface area contributed by atoms with Gasteiger partial charge in [0.25, 0.3) is 5.69 Å². The van der Waals surface area contributed by atoms with E-state index in [1.807, 2.05) is 13.0 Å². The zero-order valence-electron chi connectivity index (χ0n) is 15.2. The fourth-order valence-electron chi connectivity index (χ4n) is 4.26. The van der Waals surface area contributed by atoms with Crippen LogP contribution < -0.4 is 0 Å². The Kier molecular flexibility index (Phi) is 5.21. The third-order valence-corrected chi connectivity index (χ3v) is 5.55. The van der Waals surface area contributed by atoms with Crippen molar-refractivity contribution in [3.8, 4) is 11.3 Å². The first-order chi connectivity index (χ1) is 12.1. The summed E-state index contributed by atoms with van der Waals surface area (Å²) in [5, 5.41) is 11.4. The molecule has 1 aliphatic carbocycles. The Hall–Kier alpha value is -2.17. The smallest absolute Gasteiger partial charge is 0.278 e. The number of hydrogen-bond donors (Lipinski definition) is 0. The van der Waals surface area contributed by atoms with Crippen molar-refractivity contribution < 1.29 is 4.92 Å². The van der Waals surface area contributed by atoms with Crippen LogP contribution >= 0.6 is 0 Å². The predicted molar refractivity (Wildman–Crippen MR) is 99.6 cm³/mol. The van der Waals surface area contributed by atoms with E-state index in [4.69, 9.17) is 4.98 Å². The van der Waals surface area contributed by atoms with Gasteiger partial charge in [-0.05, 0) is 32.3 Å². The van der Waals surface area contributed by atoms with Gasteiger partial charge in [0.05, 0.1) is 16.2 Å². The molecule has 0 radical (unpaired) electrons. The molecule has 25 heavy (non-hydrogen) atoms. The fourth-order valence-corrected chi connectivity index (χ4v) is 4.26. The minimum Gasteiger partial charge on any atom is -0.328 e. The highest BCUT2D eigenvalue weighted by atomic mass is 16.6. The van der Waals surface area contributed by atoms with Crippen molar-refractivity contribution in [2.24, 2.45) is 0 Å². The average Bonchev–Trinajstić information content (AvgIpc) is 3.03. The molecule has 1 aromatic heterocycles. The number of nitro benzene ring substituents is 1. The van der Waals surface area contributed by atoms with Gasteiger partial charge in [0.2, 0.25) is 0 Å². The number of hydrogen-bond acceptors (Lipinski definition) is 3. The van der Waals surface area contributed by atoms with Crippen LogP contribution in [0.4, 0.5) is 5.69 Å². The quantitative estimate of drug-likeness (QED) is 0.506. The zero-order chi connectivity index (χ0) is 17.9. The number of aromatic nitrogens is 2. The van der Waals surface area contributed by atoms with Crippen molar-refractivity contribution in [3.63, 3.8) is 0 Å². The van der Waals surface area contributed by atoms with E-state index in [0.29, 0.717) is 11.3 Å². The van der Waals surface area contributed by atoms with E-state index < -0.39 is 0 Å². The summed E-state index contributed by atoms with van der Waals surface area (Å²) in [6, 6.07) is 6.89. The first-order valence-electron chi connectivity index (χ1n) is 9.38. The first-order valence-corrected chi connectivity index (χ1v) is 9.38. The lowest BCUT2D eigenvalue weighted by Gasteiger charge is -2.39. The largest absolute Gasteiger partial charge is 0.328 e. The number of para-hydroxylation sites is 1. The molecule has 0 aliphatic heterocycles. The Morgan fingerprint density at radius 1 is 1.24 bits per heavy atom. The Morgan fingerprint density at radius 2 is 1.96 bits per heavy atom. The molecule has 5 heteroatoms. The van der Waals surface area contributed by atoms with E-state index in [2.05, 4.69) is 17.7 Å². The number of unbranched alkanes of at least 4 members (excludes halogenated alkanes) is 1. The van der Waals surface area contributed by atoms with Gasteiger partial charge in [0.1, 0.15) is 5.82 Å². The third kappa shape index (κ3) is 3.46. The van der Waals surface area contributed by atoms with E-state index in [1.165, 1.54) is 44.9 Å². The molecule has 2 aromatic rings. The summed E-state index contributed by atoms with van der Waals surface area (Å²) >= 11 is 0. The first kappa shape index (κ1) is 17.6. The summed E-state index contributed by atoms with van der Waals surface area (Å²) in [6.45, 7) is 4.26. The molecular weight excluding hydrogens is 314 g/mol. The molecule has 1 aromatic carbocycles. The number of benzene rings is 1. The number of rotatable bonds is 6. The second-order valence-electron chi connectivity index (χ2n) is 7.21. The van der Waals surface area contributed by atoms with Crippen molar-refractivity contribution in [1.82, 2.24) is 9.55 Å². The normalized spacial score (nSPS) is 16.7. The molecule has 0 spiro atoms. The number of imidazole rings is 1. The number of nitro groups is 1. The highest BCUT2D eigenvalue weighted by molar-refractivity contribution is 5.70. The van der Waals surface area contributed by atoms with Crippen LogP contribution in [0, 0.1) is 17.0 Å². The highest BCUT2D eigenvalue weighted by Crippen LogP contribution is 2.41. The molecule has 3 rings (SSSR count). The van der Waals surface area contributed by atoms with Crippen LogP contribution in [-0.4, -0.2) is 14.5 Å². The third-order valence-electron chi connectivity index (χ3n) is 5.55. The lowest BCUT2D eigenvalue weighted by Crippen LogP contribution is -2.36. The molecule has 0 atom stereocenters. The van der Waals surface area contributed by atoms with E-state index in [0.717, 1.165) is 12.2 Å². The topological polar surface area (TPSA) is 61.0 Å². The Bertz CT molecular complexity index is 745. The van der Waals surface area contributed by atoms with Gasteiger partial charge in [0, 0.05) is 17.8 Å². The Labute approximate surface area is 149 Å². The van der Waals surface area contributed by atoms with Crippen LogP contribution in [0.15, 0.2) is 30.5 Å². The van der Waals surface area contributed by atoms with Crippen molar-refractivity contribution in [2.45, 2.75) is 70.8 Å². The highest BCUT2D eigenvalue weighted by Gasteiger charge is 2.35. The lowest BCUT2D eigenvalue weighted by atomic mass is 9.78. The Morgan fingerprint density at radius 3 is 2.64 bits per heavy atom. The van der Waals surface area contributed by atoms with E-state index in [-0.39, 0.29) is 16.1 Å². The molecule has 0 saturated heterocycles. The average molecular weight is 341 g/mol. The van der Waals surface area contributed by atoms with E-state index in [1.54, 1.807) is 18.2 Å². The molecule has 1 heterocycles.